The number of nitrogens with one attached hydrogen (secondary N) is 1. The van der Waals surface area contributed by atoms with Crippen molar-refractivity contribution in [3.8, 4) is 11.5 Å². The first-order valence-electron chi connectivity index (χ1n) is 7.57. The van der Waals surface area contributed by atoms with Crippen LogP contribution in [0.3, 0.4) is 0 Å². The van der Waals surface area contributed by atoms with Crippen molar-refractivity contribution < 1.29 is 31.0 Å². The topological polar surface area (TPSA) is 111 Å². The van der Waals surface area contributed by atoms with Crippen LogP contribution in [0.25, 0.3) is 0 Å². The van der Waals surface area contributed by atoms with Crippen molar-refractivity contribution in [2.75, 3.05) is 52.8 Å². The van der Waals surface area contributed by atoms with Gasteiger partial charge < -0.3 is 14.2 Å². The Bertz CT molecular complexity index is 787. The van der Waals surface area contributed by atoms with Crippen LogP contribution in [0.2, 0.25) is 0 Å². The van der Waals surface area contributed by atoms with E-state index in [0.29, 0.717) is 19.0 Å². The van der Waals surface area contributed by atoms with E-state index in [4.69, 9.17) is 14.2 Å². The molecule has 0 radical (unpaired) electrons. The Labute approximate surface area is 148 Å². The second kappa shape index (κ2) is 8.32. The van der Waals surface area contributed by atoms with Crippen molar-refractivity contribution in [1.29, 1.82) is 0 Å². The van der Waals surface area contributed by atoms with Gasteiger partial charge in [0.1, 0.15) is 16.4 Å². The van der Waals surface area contributed by atoms with Gasteiger partial charge in [-0.05, 0) is 12.1 Å². The van der Waals surface area contributed by atoms with E-state index in [-0.39, 0.29) is 36.0 Å². The highest BCUT2D eigenvalue weighted by atomic mass is 32.2. The van der Waals surface area contributed by atoms with Crippen LogP contribution < -0.4 is 14.2 Å². The Kier molecular flexibility index (Phi) is 6.63. The molecule has 0 amide bonds. The van der Waals surface area contributed by atoms with E-state index < -0.39 is 20.0 Å². The van der Waals surface area contributed by atoms with E-state index in [2.05, 4.69) is 4.72 Å². The molecule has 1 aliphatic heterocycles. The van der Waals surface area contributed by atoms with Crippen LogP contribution in [0.5, 0.6) is 11.5 Å². The lowest BCUT2D eigenvalue weighted by Crippen LogP contribution is -2.43. The van der Waals surface area contributed by atoms with Crippen LogP contribution in [0.4, 0.5) is 0 Å². The van der Waals surface area contributed by atoms with Gasteiger partial charge in [0.25, 0.3) is 0 Å². The maximum absolute atomic E-state index is 12.4. The smallest absolute Gasteiger partial charge is 0.244 e. The molecule has 1 fully saturated rings. The lowest BCUT2D eigenvalue weighted by Gasteiger charge is -2.26. The van der Waals surface area contributed by atoms with Crippen molar-refractivity contribution in [2.45, 2.75) is 4.90 Å². The minimum atomic E-state index is -3.92. The zero-order chi connectivity index (χ0) is 18.5. The fourth-order valence-electron chi connectivity index (χ4n) is 2.33. The van der Waals surface area contributed by atoms with Crippen molar-refractivity contribution >= 4 is 20.0 Å². The number of morpholine rings is 1. The van der Waals surface area contributed by atoms with Crippen LogP contribution in [0.15, 0.2) is 23.1 Å². The van der Waals surface area contributed by atoms with Crippen LogP contribution in [-0.4, -0.2) is 74.0 Å². The van der Waals surface area contributed by atoms with E-state index in [9.17, 15) is 16.8 Å². The van der Waals surface area contributed by atoms with Crippen molar-refractivity contribution in [2.24, 2.45) is 0 Å². The monoisotopic (exact) mass is 394 g/mol. The molecule has 0 aliphatic carbocycles. The average Bonchev–Trinajstić information content (AvgIpc) is 2.61. The molecule has 1 aromatic carbocycles. The summed E-state index contributed by atoms with van der Waals surface area (Å²) in [5.41, 5.74) is 0. The molecule has 0 aromatic heterocycles. The number of benzene rings is 1. The molecule has 25 heavy (non-hydrogen) atoms. The highest BCUT2D eigenvalue weighted by Gasteiger charge is 2.26. The maximum Gasteiger partial charge on any atom is 0.244 e. The predicted octanol–water partition coefficient (Wildman–Crippen LogP) is -0.356. The highest BCUT2D eigenvalue weighted by molar-refractivity contribution is 7.90. The molecule has 1 aliphatic rings. The standard InChI is InChI=1S/C14H22N2O7S2/c1-21-12-3-4-14(13(11-12)22-2)25(19,20)15-5-10-24(17,18)16-6-8-23-9-7-16/h3-4,11,15H,5-10H2,1-2H3. The molecule has 142 valence electrons. The third-order valence-corrected chi connectivity index (χ3v) is 7.05. The molecule has 1 saturated heterocycles. The van der Waals surface area contributed by atoms with Gasteiger partial charge in [0, 0.05) is 25.7 Å². The molecular formula is C14H22N2O7S2. The summed E-state index contributed by atoms with van der Waals surface area (Å²) >= 11 is 0. The van der Waals surface area contributed by atoms with Gasteiger partial charge >= 0.3 is 0 Å². The molecule has 9 nitrogen and oxygen atoms in total. The molecule has 0 saturated carbocycles. The lowest BCUT2D eigenvalue weighted by molar-refractivity contribution is 0.0730. The van der Waals surface area contributed by atoms with E-state index >= 15 is 0 Å². The highest BCUT2D eigenvalue weighted by Crippen LogP contribution is 2.28. The van der Waals surface area contributed by atoms with Crippen LogP contribution in [0, 0.1) is 0 Å². The number of hydrogen-bond acceptors (Lipinski definition) is 7. The number of nitrogens with zero attached hydrogens (tertiary/aromatic N) is 1. The molecule has 1 N–H and O–H groups in total. The van der Waals surface area contributed by atoms with Gasteiger partial charge in [-0.15, -0.1) is 0 Å². The molecule has 0 spiro atoms. The molecular weight excluding hydrogens is 372 g/mol. The average molecular weight is 394 g/mol. The van der Waals surface area contributed by atoms with E-state index in [1.54, 1.807) is 0 Å². The second-order valence-corrected chi connectivity index (χ2v) is 9.07. The van der Waals surface area contributed by atoms with E-state index in [1.807, 2.05) is 0 Å². The van der Waals surface area contributed by atoms with Gasteiger partial charge in [-0.25, -0.2) is 21.6 Å². The van der Waals surface area contributed by atoms with Gasteiger partial charge in [-0.2, -0.15) is 4.31 Å². The van der Waals surface area contributed by atoms with E-state index in [0.717, 1.165) is 0 Å². The Morgan fingerprint density at radius 1 is 1.12 bits per heavy atom. The first-order valence-corrected chi connectivity index (χ1v) is 10.7. The first-order chi connectivity index (χ1) is 11.8. The molecule has 1 heterocycles. The Balaban J connectivity index is 2.04. The van der Waals surface area contributed by atoms with Crippen LogP contribution in [-0.2, 0) is 24.8 Å². The third-order valence-electron chi connectivity index (χ3n) is 3.68. The summed E-state index contributed by atoms with van der Waals surface area (Å²) in [6.45, 7) is 1.00. The maximum atomic E-state index is 12.4. The van der Waals surface area contributed by atoms with Crippen molar-refractivity contribution in [3.05, 3.63) is 18.2 Å². The number of sulfonamides is 2. The zero-order valence-electron chi connectivity index (χ0n) is 14.1. The SMILES string of the molecule is COc1ccc(S(=O)(=O)NCCS(=O)(=O)N2CCOCC2)c(OC)c1. The Morgan fingerprint density at radius 3 is 2.40 bits per heavy atom. The van der Waals surface area contributed by atoms with Gasteiger partial charge in [-0.3, -0.25) is 0 Å². The number of ether oxygens (including phenoxy) is 3. The van der Waals surface area contributed by atoms with Crippen LogP contribution >= 0.6 is 0 Å². The summed E-state index contributed by atoms with van der Waals surface area (Å²) < 4.78 is 68.1. The summed E-state index contributed by atoms with van der Waals surface area (Å²) in [6, 6.07) is 4.27. The van der Waals surface area contributed by atoms with E-state index in [1.165, 1.54) is 36.7 Å². The summed E-state index contributed by atoms with van der Waals surface area (Å²) in [5.74, 6) is 0.235. The summed E-state index contributed by atoms with van der Waals surface area (Å²) in [7, 11) is -4.66. The predicted molar refractivity (Wildman–Crippen MR) is 90.9 cm³/mol. The van der Waals surface area contributed by atoms with Crippen molar-refractivity contribution in [3.63, 3.8) is 0 Å². The van der Waals surface area contributed by atoms with Gasteiger partial charge in [-0.1, -0.05) is 0 Å². The minimum Gasteiger partial charge on any atom is -0.497 e. The summed E-state index contributed by atoms with van der Waals surface area (Å²) in [4.78, 5) is -0.0837. The quantitative estimate of drug-likeness (QED) is 0.641. The molecule has 0 atom stereocenters. The Hall–Kier alpha value is -1.40. The lowest BCUT2D eigenvalue weighted by atomic mass is 10.3. The fourth-order valence-corrected chi connectivity index (χ4v) is 4.97. The molecule has 0 unspecified atom stereocenters. The molecule has 11 heteroatoms. The minimum absolute atomic E-state index is 0.0837. The zero-order valence-corrected chi connectivity index (χ0v) is 15.7. The number of hydrogen-bond donors (Lipinski definition) is 1. The fraction of sp³-hybridized carbons (Fsp3) is 0.571. The van der Waals surface area contributed by atoms with Gasteiger partial charge in [0.2, 0.25) is 20.0 Å². The van der Waals surface area contributed by atoms with Crippen LogP contribution in [0.1, 0.15) is 0 Å². The van der Waals surface area contributed by atoms with Crippen molar-refractivity contribution in [1.82, 2.24) is 9.03 Å². The summed E-state index contributed by atoms with van der Waals surface area (Å²) in [6.07, 6.45) is 0. The van der Waals surface area contributed by atoms with Gasteiger partial charge in [0.05, 0.1) is 33.2 Å². The molecule has 0 bridgehead atoms. The molecule has 2 rings (SSSR count). The summed E-state index contributed by atoms with van der Waals surface area (Å²) in [5, 5.41) is 0. The largest absolute Gasteiger partial charge is 0.497 e. The first kappa shape index (κ1) is 19.9. The Morgan fingerprint density at radius 2 is 1.80 bits per heavy atom. The molecule has 1 aromatic rings. The number of rotatable bonds is 8. The second-order valence-electron chi connectivity index (χ2n) is 5.24. The number of methoxy groups -OCH3 is 2. The normalized spacial score (nSPS) is 16.6. The van der Waals surface area contributed by atoms with Gasteiger partial charge in [0.15, 0.2) is 0 Å². The third kappa shape index (κ3) is 5.05.